The molecule has 2 atom stereocenters. The fraction of sp³-hybridized carbons (Fsp3) is 0.545. The first-order valence-corrected chi connectivity index (χ1v) is 10.3. The number of carbonyl (C=O) groups is 2. The van der Waals surface area contributed by atoms with Crippen LogP contribution >= 0.6 is 0 Å². The molecule has 1 amide bonds. The second kappa shape index (κ2) is 9.06. The quantitative estimate of drug-likeness (QED) is 0.728. The van der Waals surface area contributed by atoms with Crippen LogP contribution in [0.5, 0.6) is 5.75 Å². The maximum absolute atomic E-state index is 12.9. The molecule has 0 radical (unpaired) electrons. The highest BCUT2D eigenvalue weighted by atomic mass is 16.5. The maximum atomic E-state index is 12.9. The molecule has 1 fully saturated rings. The van der Waals surface area contributed by atoms with Crippen LogP contribution in [0.2, 0.25) is 0 Å². The van der Waals surface area contributed by atoms with Gasteiger partial charge in [0.2, 0.25) is 5.91 Å². The minimum Gasteiger partial charge on any atom is -0.495 e. The molecule has 1 aliphatic rings. The molecule has 1 saturated heterocycles. The Morgan fingerprint density at radius 1 is 1.23 bits per heavy atom. The second-order valence-corrected chi connectivity index (χ2v) is 7.78. The van der Waals surface area contributed by atoms with E-state index in [1.165, 1.54) is 0 Å². The van der Waals surface area contributed by atoms with Crippen molar-refractivity contribution in [3.05, 3.63) is 23.4 Å². The molecule has 3 rings (SSSR count). The van der Waals surface area contributed by atoms with Gasteiger partial charge in [0, 0.05) is 31.2 Å². The fourth-order valence-corrected chi connectivity index (χ4v) is 4.18. The first-order valence-electron chi connectivity index (χ1n) is 10.3. The van der Waals surface area contributed by atoms with Gasteiger partial charge in [-0.15, -0.1) is 0 Å². The summed E-state index contributed by atoms with van der Waals surface area (Å²) in [6, 6.07) is 3.68. The molecule has 30 heavy (non-hydrogen) atoms. The molecular weight excluding hydrogens is 386 g/mol. The van der Waals surface area contributed by atoms with Crippen LogP contribution in [0.25, 0.3) is 10.9 Å². The molecule has 1 N–H and O–H groups in total. The number of fused-ring (bicyclic) bond motifs is 1. The molecule has 2 heterocycles. The van der Waals surface area contributed by atoms with Gasteiger partial charge in [0.1, 0.15) is 5.75 Å². The standard InChI is InChI=1S/C22H31N3O5/c1-7-29-22(27)19-15(4)24(5)16-8-9-17(28-6)21(20(16)19)23-18(26)12-25-10-13(2)30-14(3)11-25/h8-9,13-14H,7,10-12H2,1-6H3,(H,23,26). The van der Waals surface area contributed by atoms with E-state index in [1.54, 1.807) is 20.1 Å². The Hall–Kier alpha value is -2.58. The number of esters is 1. The number of aromatic nitrogens is 1. The van der Waals surface area contributed by atoms with Crippen LogP contribution in [-0.4, -0.2) is 66.9 Å². The lowest BCUT2D eigenvalue weighted by molar-refractivity contribution is -0.121. The number of rotatable bonds is 6. The van der Waals surface area contributed by atoms with E-state index in [0.29, 0.717) is 35.5 Å². The van der Waals surface area contributed by atoms with Crippen LogP contribution in [0.3, 0.4) is 0 Å². The summed E-state index contributed by atoms with van der Waals surface area (Å²) in [5.74, 6) is -0.0886. The van der Waals surface area contributed by atoms with Gasteiger partial charge >= 0.3 is 5.97 Å². The van der Waals surface area contributed by atoms with Gasteiger partial charge in [-0.25, -0.2) is 4.79 Å². The van der Waals surface area contributed by atoms with Crippen molar-refractivity contribution in [2.24, 2.45) is 7.05 Å². The van der Waals surface area contributed by atoms with Gasteiger partial charge in [0.15, 0.2) is 0 Å². The highest BCUT2D eigenvalue weighted by Gasteiger charge is 2.27. The van der Waals surface area contributed by atoms with Crippen molar-refractivity contribution in [1.82, 2.24) is 9.47 Å². The third-order valence-corrected chi connectivity index (χ3v) is 5.45. The van der Waals surface area contributed by atoms with Crippen LogP contribution in [0.15, 0.2) is 12.1 Å². The number of hydrogen-bond acceptors (Lipinski definition) is 6. The Balaban J connectivity index is 1.98. The van der Waals surface area contributed by atoms with Crippen LogP contribution in [0.1, 0.15) is 36.8 Å². The Kier molecular flexibility index (Phi) is 6.67. The summed E-state index contributed by atoms with van der Waals surface area (Å²) in [6.07, 6.45) is 0.151. The summed E-state index contributed by atoms with van der Waals surface area (Å²) in [4.78, 5) is 27.7. The number of nitrogens with one attached hydrogen (secondary N) is 1. The molecule has 164 valence electrons. The smallest absolute Gasteiger partial charge is 0.340 e. The van der Waals surface area contributed by atoms with Gasteiger partial charge in [-0.2, -0.15) is 0 Å². The average Bonchev–Trinajstić information content (AvgIpc) is 2.92. The zero-order chi connectivity index (χ0) is 22.0. The Labute approximate surface area is 177 Å². The minimum atomic E-state index is -0.416. The lowest BCUT2D eigenvalue weighted by Gasteiger charge is -2.34. The van der Waals surface area contributed by atoms with Crippen LogP contribution in [0, 0.1) is 6.92 Å². The Bertz CT molecular complexity index is 942. The number of anilines is 1. The second-order valence-electron chi connectivity index (χ2n) is 7.78. The lowest BCUT2D eigenvalue weighted by Crippen LogP contribution is -2.48. The number of morpholine rings is 1. The van der Waals surface area contributed by atoms with Gasteiger partial charge in [-0.05, 0) is 39.8 Å². The van der Waals surface area contributed by atoms with Crippen molar-refractivity contribution in [3.8, 4) is 5.75 Å². The molecule has 2 unspecified atom stereocenters. The highest BCUT2D eigenvalue weighted by Crippen LogP contribution is 2.38. The molecule has 0 aliphatic carbocycles. The van der Waals surface area contributed by atoms with Crippen LogP contribution in [0.4, 0.5) is 5.69 Å². The largest absolute Gasteiger partial charge is 0.495 e. The monoisotopic (exact) mass is 417 g/mol. The topological polar surface area (TPSA) is 82.0 Å². The van der Waals surface area contributed by atoms with E-state index >= 15 is 0 Å². The molecule has 8 heteroatoms. The van der Waals surface area contributed by atoms with Crippen molar-refractivity contribution < 1.29 is 23.8 Å². The van der Waals surface area contributed by atoms with Crippen molar-refractivity contribution >= 4 is 28.5 Å². The highest BCUT2D eigenvalue weighted by molar-refractivity contribution is 6.14. The zero-order valence-corrected chi connectivity index (χ0v) is 18.6. The van der Waals surface area contributed by atoms with Crippen molar-refractivity contribution in [2.45, 2.75) is 39.9 Å². The van der Waals surface area contributed by atoms with Crippen molar-refractivity contribution in [1.29, 1.82) is 0 Å². The third kappa shape index (κ3) is 4.29. The normalized spacial score (nSPS) is 19.7. The molecule has 1 aromatic heterocycles. The number of hydrogen-bond donors (Lipinski definition) is 1. The number of carbonyl (C=O) groups excluding carboxylic acids is 2. The summed E-state index contributed by atoms with van der Waals surface area (Å²) in [5.41, 5.74) is 2.52. The van der Waals surface area contributed by atoms with E-state index in [0.717, 1.165) is 11.2 Å². The van der Waals surface area contributed by atoms with Crippen LogP contribution < -0.4 is 10.1 Å². The van der Waals surface area contributed by atoms with E-state index in [2.05, 4.69) is 10.2 Å². The average molecular weight is 418 g/mol. The van der Waals surface area contributed by atoms with Crippen molar-refractivity contribution in [3.63, 3.8) is 0 Å². The summed E-state index contributed by atoms with van der Waals surface area (Å²) < 4.78 is 18.5. The Morgan fingerprint density at radius 2 is 1.90 bits per heavy atom. The minimum absolute atomic E-state index is 0.0757. The molecule has 0 saturated carbocycles. The van der Waals surface area contributed by atoms with E-state index in [9.17, 15) is 9.59 Å². The first kappa shape index (κ1) is 22.1. The predicted octanol–water partition coefficient (Wildman–Crippen LogP) is 2.72. The number of ether oxygens (including phenoxy) is 3. The van der Waals surface area contributed by atoms with Gasteiger partial charge in [-0.1, -0.05) is 0 Å². The number of aryl methyl sites for hydroxylation is 1. The summed E-state index contributed by atoms with van der Waals surface area (Å²) in [6.45, 7) is 9.53. The fourth-order valence-electron chi connectivity index (χ4n) is 4.18. The van der Waals surface area contributed by atoms with Gasteiger partial charge in [-0.3, -0.25) is 9.69 Å². The molecule has 2 aromatic rings. The first-order chi connectivity index (χ1) is 14.3. The summed E-state index contributed by atoms with van der Waals surface area (Å²) in [5, 5.41) is 3.62. The number of methoxy groups -OCH3 is 1. The van der Waals surface area contributed by atoms with Crippen LogP contribution in [-0.2, 0) is 21.3 Å². The Morgan fingerprint density at radius 3 is 2.50 bits per heavy atom. The number of nitrogens with zero attached hydrogens (tertiary/aromatic N) is 2. The zero-order valence-electron chi connectivity index (χ0n) is 18.6. The molecule has 1 aliphatic heterocycles. The third-order valence-electron chi connectivity index (χ3n) is 5.45. The summed E-state index contributed by atoms with van der Waals surface area (Å²) in [7, 11) is 3.43. The van der Waals surface area contributed by atoms with E-state index in [-0.39, 0.29) is 31.3 Å². The maximum Gasteiger partial charge on any atom is 0.340 e. The van der Waals surface area contributed by atoms with E-state index in [4.69, 9.17) is 14.2 Å². The van der Waals surface area contributed by atoms with E-state index in [1.807, 2.05) is 38.5 Å². The van der Waals surface area contributed by atoms with Gasteiger partial charge in [0.25, 0.3) is 0 Å². The SMILES string of the molecule is CCOC(=O)c1c(C)n(C)c2ccc(OC)c(NC(=O)CN3CC(C)OC(C)C3)c12. The molecule has 1 aromatic carbocycles. The van der Waals surface area contributed by atoms with Crippen molar-refractivity contribution in [2.75, 3.05) is 38.7 Å². The number of benzene rings is 1. The predicted molar refractivity (Wildman–Crippen MR) is 115 cm³/mol. The molecule has 0 spiro atoms. The lowest BCUT2D eigenvalue weighted by atomic mass is 10.1. The summed E-state index contributed by atoms with van der Waals surface area (Å²) >= 11 is 0. The van der Waals surface area contributed by atoms with Gasteiger partial charge in [0.05, 0.1) is 49.2 Å². The molecular formula is C22H31N3O5. The van der Waals surface area contributed by atoms with Gasteiger partial charge < -0.3 is 24.1 Å². The molecule has 8 nitrogen and oxygen atoms in total. The van der Waals surface area contributed by atoms with E-state index < -0.39 is 5.97 Å². The molecule has 0 bridgehead atoms. The number of amides is 1.